The van der Waals surface area contributed by atoms with Crippen molar-refractivity contribution in [2.45, 2.75) is 31.3 Å². The van der Waals surface area contributed by atoms with Crippen LogP contribution >= 0.6 is 0 Å². The second kappa shape index (κ2) is 6.74. The summed E-state index contributed by atoms with van der Waals surface area (Å²) in [4.78, 5) is 12.2. The van der Waals surface area contributed by atoms with Crippen molar-refractivity contribution in [1.82, 2.24) is 9.46 Å². The van der Waals surface area contributed by atoms with Crippen LogP contribution in [0.5, 0.6) is 0 Å². The van der Waals surface area contributed by atoms with Crippen LogP contribution in [-0.2, 0) is 21.4 Å². The normalized spacial score (nSPS) is 15.5. The van der Waals surface area contributed by atoms with E-state index in [4.69, 9.17) is 9.26 Å². The first kappa shape index (κ1) is 16.7. The lowest BCUT2D eigenvalue weighted by molar-refractivity contribution is 0.0437. The lowest BCUT2D eigenvalue weighted by Crippen LogP contribution is -2.27. The standard InChI is InChI=1S/C16H18N2O5S/c1-12-10-14(23-17-12)11-22-16(19)13-4-6-15(7-5-13)24(20,21)18-8-2-3-9-18/h4-7,10H,2-3,8-9,11H2,1H3. The van der Waals surface area contributed by atoms with Crippen LogP contribution < -0.4 is 0 Å². The van der Waals surface area contributed by atoms with Crippen LogP contribution in [0.25, 0.3) is 0 Å². The number of rotatable bonds is 5. The molecular formula is C16H18N2O5S. The van der Waals surface area contributed by atoms with E-state index < -0.39 is 16.0 Å². The number of aromatic nitrogens is 1. The molecule has 0 aliphatic carbocycles. The second-order valence-electron chi connectivity index (χ2n) is 5.65. The van der Waals surface area contributed by atoms with Gasteiger partial charge in [-0.2, -0.15) is 4.31 Å². The summed E-state index contributed by atoms with van der Waals surface area (Å²) in [6.45, 7) is 2.84. The first-order chi connectivity index (χ1) is 11.5. The van der Waals surface area contributed by atoms with E-state index in [0.29, 0.717) is 24.5 Å². The molecule has 0 atom stereocenters. The molecule has 0 spiro atoms. The maximum absolute atomic E-state index is 12.4. The number of esters is 1. The Morgan fingerprint density at radius 3 is 2.50 bits per heavy atom. The van der Waals surface area contributed by atoms with E-state index in [9.17, 15) is 13.2 Å². The molecule has 0 radical (unpaired) electrons. The van der Waals surface area contributed by atoms with Gasteiger partial charge in [-0.3, -0.25) is 0 Å². The Morgan fingerprint density at radius 2 is 1.92 bits per heavy atom. The van der Waals surface area contributed by atoms with Crippen LogP contribution in [-0.4, -0.2) is 36.9 Å². The number of aryl methyl sites for hydroxylation is 1. The summed E-state index contributed by atoms with van der Waals surface area (Å²) in [7, 11) is -3.48. The van der Waals surface area contributed by atoms with Gasteiger partial charge in [0.25, 0.3) is 0 Å². The Morgan fingerprint density at radius 1 is 1.25 bits per heavy atom. The third-order valence-corrected chi connectivity index (χ3v) is 5.73. The zero-order valence-electron chi connectivity index (χ0n) is 13.3. The highest BCUT2D eigenvalue weighted by atomic mass is 32.2. The molecule has 3 rings (SSSR count). The average Bonchev–Trinajstić information content (AvgIpc) is 3.24. The number of sulfonamides is 1. The van der Waals surface area contributed by atoms with E-state index >= 15 is 0 Å². The number of hydrogen-bond acceptors (Lipinski definition) is 6. The van der Waals surface area contributed by atoms with Crippen molar-refractivity contribution in [2.75, 3.05) is 13.1 Å². The first-order valence-corrected chi connectivity index (χ1v) is 9.10. The number of carbonyl (C=O) groups is 1. The van der Waals surface area contributed by atoms with E-state index in [0.717, 1.165) is 12.8 Å². The average molecular weight is 350 g/mol. The zero-order valence-corrected chi connectivity index (χ0v) is 14.1. The van der Waals surface area contributed by atoms with E-state index in [2.05, 4.69) is 5.16 Å². The highest BCUT2D eigenvalue weighted by molar-refractivity contribution is 7.89. The van der Waals surface area contributed by atoms with E-state index in [-0.39, 0.29) is 17.1 Å². The second-order valence-corrected chi connectivity index (χ2v) is 7.58. The Balaban J connectivity index is 1.66. The molecule has 2 heterocycles. The maximum atomic E-state index is 12.4. The molecule has 0 bridgehead atoms. The Bertz CT molecular complexity index is 820. The number of hydrogen-bond donors (Lipinski definition) is 0. The summed E-state index contributed by atoms with van der Waals surface area (Å²) in [5.74, 6) is -0.0942. The van der Waals surface area contributed by atoms with Gasteiger partial charge in [0.05, 0.1) is 16.2 Å². The zero-order chi connectivity index (χ0) is 17.2. The van der Waals surface area contributed by atoms with Gasteiger partial charge in [-0.1, -0.05) is 5.16 Å². The minimum Gasteiger partial charge on any atom is -0.454 e. The molecule has 1 saturated heterocycles. The molecule has 0 N–H and O–H groups in total. The SMILES string of the molecule is Cc1cc(COC(=O)c2ccc(S(=O)(=O)N3CCCC3)cc2)on1. The molecule has 1 aliphatic rings. The van der Waals surface area contributed by atoms with Crippen LogP contribution in [0, 0.1) is 6.92 Å². The summed E-state index contributed by atoms with van der Waals surface area (Å²) in [6.07, 6.45) is 1.76. The molecule has 0 unspecified atom stereocenters. The van der Waals surface area contributed by atoms with Crippen LogP contribution in [0.3, 0.4) is 0 Å². The molecular weight excluding hydrogens is 332 g/mol. The van der Waals surface area contributed by atoms with Crippen molar-refractivity contribution in [1.29, 1.82) is 0 Å². The highest BCUT2D eigenvalue weighted by Crippen LogP contribution is 2.21. The van der Waals surface area contributed by atoms with Gasteiger partial charge >= 0.3 is 5.97 Å². The van der Waals surface area contributed by atoms with Gasteiger partial charge in [0.1, 0.15) is 0 Å². The van der Waals surface area contributed by atoms with Crippen molar-refractivity contribution in [3.05, 3.63) is 47.3 Å². The Hall–Kier alpha value is -2.19. The molecule has 1 aromatic carbocycles. The van der Waals surface area contributed by atoms with Crippen molar-refractivity contribution in [3.8, 4) is 0 Å². The fourth-order valence-corrected chi connectivity index (χ4v) is 4.06. The third kappa shape index (κ3) is 3.49. The van der Waals surface area contributed by atoms with Gasteiger partial charge in [0.2, 0.25) is 10.0 Å². The van der Waals surface area contributed by atoms with Crippen molar-refractivity contribution in [3.63, 3.8) is 0 Å². The molecule has 1 fully saturated rings. The summed E-state index contributed by atoms with van der Waals surface area (Å²) >= 11 is 0. The third-order valence-electron chi connectivity index (χ3n) is 3.82. The summed E-state index contributed by atoms with van der Waals surface area (Å²) in [5.41, 5.74) is 0.990. The molecule has 1 aromatic heterocycles. The monoisotopic (exact) mass is 350 g/mol. The van der Waals surface area contributed by atoms with Gasteiger partial charge in [-0.15, -0.1) is 0 Å². The summed E-state index contributed by atoms with van der Waals surface area (Å²) in [6, 6.07) is 7.46. The quantitative estimate of drug-likeness (QED) is 0.767. The topological polar surface area (TPSA) is 89.7 Å². The molecule has 24 heavy (non-hydrogen) atoms. The lowest BCUT2D eigenvalue weighted by atomic mass is 10.2. The Labute approximate surface area is 140 Å². The predicted molar refractivity (Wildman–Crippen MR) is 84.8 cm³/mol. The molecule has 7 nitrogen and oxygen atoms in total. The van der Waals surface area contributed by atoms with Crippen LogP contribution in [0.2, 0.25) is 0 Å². The summed E-state index contributed by atoms with van der Waals surface area (Å²) < 4.78 is 36.4. The Kier molecular flexibility index (Phi) is 4.68. The van der Waals surface area contributed by atoms with Crippen LogP contribution in [0.1, 0.15) is 34.7 Å². The maximum Gasteiger partial charge on any atom is 0.338 e. The highest BCUT2D eigenvalue weighted by Gasteiger charge is 2.27. The number of ether oxygens (including phenoxy) is 1. The van der Waals surface area contributed by atoms with Gasteiger partial charge < -0.3 is 9.26 Å². The van der Waals surface area contributed by atoms with E-state index in [1.807, 2.05) is 0 Å². The molecule has 2 aromatic rings. The molecule has 0 amide bonds. The van der Waals surface area contributed by atoms with Gasteiger partial charge in [-0.05, 0) is 44.0 Å². The van der Waals surface area contributed by atoms with Crippen molar-refractivity contribution in [2.24, 2.45) is 0 Å². The van der Waals surface area contributed by atoms with Gasteiger partial charge in [0, 0.05) is 19.2 Å². The van der Waals surface area contributed by atoms with Crippen LogP contribution in [0.4, 0.5) is 0 Å². The molecule has 0 saturated carbocycles. The van der Waals surface area contributed by atoms with Crippen LogP contribution in [0.15, 0.2) is 39.8 Å². The summed E-state index contributed by atoms with van der Waals surface area (Å²) in [5, 5.41) is 3.71. The van der Waals surface area contributed by atoms with E-state index in [1.165, 1.54) is 28.6 Å². The van der Waals surface area contributed by atoms with Crippen molar-refractivity contribution < 1.29 is 22.5 Å². The fourth-order valence-electron chi connectivity index (χ4n) is 2.54. The van der Waals surface area contributed by atoms with Gasteiger partial charge in [0.15, 0.2) is 12.4 Å². The fraction of sp³-hybridized carbons (Fsp3) is 0.375. The molecule has 128 valence electrons. The largest absolute Gasteiger partial charge is 0.454 e. The minimum atomic E-state index is -3.48. The molecule has 8 heteroatoms. The smallest absolute Gasteiger partial charge is 0.338 e. The number of nitrogens with zero attached hydrogens (tertiary/aromatic N) is 2. The van der Waals surface area contributed by atoms with Crippen molar-refractivity contribution >= 4 is 16.0 Å². The predicted octanol–water partition coefficient (Wildman–Crippen LogP) is 2.12. The molecule has 1 aliphatic heterocycles. The first-order valence-electron chi connectivity index (χ1n) is 7.66. The number of carbonyl (C=O) groups excluding carboxylic acids is 1. The van der Waals surface area contributed by atoms with E-state index in [1.54, 1.807) is 13.0 Å². The number of benzene rings is 1. The lowest BCUT2D eigenvalue weighted by Gasteiger charge is -2.15. The minimum absolute atomic E-state index is 0.0203. The van der Waals surface area contributed by atoms with Gasteiger partial charge in [-0.25, -0.2) is 13.2 Å².